The summed E-state index contributed by atoms with van der Waals surface area (Å²) in [4.78, 5) is 22.6. The SMILES string of the molecule is COc1ccc(C(=O)NCC(C)(O)CC(=O)O)cc1OC. The van der Waals surface area contributed by atoms with Gasteiger partial charge in [-0.3, -0.25) is 9.59 Å². The molecule has 0 aromatic heterocycles. The van der Waals surface area contributed by atoms with Crippen molar-refractivity contribution in [3.63, 3.8) is 0 Å². The molecule has 0 fully saturated rings. The van der Waals surface area contributed by atoms with E-state index in [1.165, 1.54) is 27.2 Å². The number of hydrogen-bond acceptors (Lipinski definition) is 5. The predicted molar refractivity (Wildman–Crippen MR) is 74.8 cm³/mol. The maximum Gasteiger partial charge on any atom is 0.306 e. The summed E-state index contributed by atoms with van der Waals surface area (Å²) >= 11 is 0. The number of carbonyl (C=O) groups excluding carboxylic acids is 1. The number of ether oxygens (including phenoxy) is 2. The van der Waals surface area contributed by atoms with Gasteiger partial charge in [-0.15, -0.1) is 0 Å². The van der Waals surface area contributed by atoms with E-state index in [0.717, 1.165) is 0 Å². The number of benzene rings is 1. The number of hydrogen-bond donors (Lipinski definition) is 3. The molecule has 3 N–H and O–H groups in total. The van der Waals surface area contributed by atoms with Gasteiger partial charge in [0.05, 0.1) is 26.2 Å². The average molecular weight is 297 g/mol. The third-order valence-electron chi connectivity index (χ3n) is 2.81. The first-order valence-corrected chi connectivity index (χ1v) is 6.23. The van der Waals surface area contributed by atoms with Crippen molar-refractivity contribution in [2.45, 2.75) is 18.9 Å². The second-order valence-electron chi connectivity index (χ2n) is 4.82. The second kappa shape index (κ2) is 6.94. The Morgan fingerprint density at radius 3 is 2.38 bits per heavy atom. The number of rotatable bonds is 7. The van der Waals surface area contributed by atoms with Crippen LogP contribution in [0.5, 0.6) is 11.5 Å². The fourth-order valence-electron chi connectivity index (χ4n) is 1.74. The van der Waals surface area contributed by atoms with Crippen molar-refractivity contribution in [2.75, 3.05) is 20.8 Å². The summed E-state index contributed by atoms with van der Waals surface area (Å²) in [7, 11) is 2.94. The molecule has 0 saturated carbocycles. The molecule has 21 heavy (non-hydrogen) atoms. The van der Waals surface area contributed by atoms with Crippen LogP contribution in [-0.4, -0.2) is 48.5 Å². The van der Waals surface area contributed by atoms with E-state index in [-0.39, 0.29) is 6.54 Å². The highest BCUT2D eigenvalue weighted by Gasteiger charge is 2.25. The zero-order valence-electron chi connectivity index (χ0n) is 12.2. The number of aliphatic hydroxyl groups is 1. The highest BCUT2D eigenvalue weighted by Crippen LogP contribution is 2.27. The first kappa shape index (κ1) is 16.8. The van der Waals surface area contributed by atoms with Gasteiger partial charge in [0.25, 0.3) is 5.91 Å². The molecule has 0 bridgehead atoms. The van der Waals surface area contributed by atoms with Crippen LogP contribution in [-0.2, 0) is 4.79 Å². The van der Waals surface area contributed by atoms with E-state index in [2.05, 4.69) is 5.32 Å². The Morgan fingerprint density at radius 2 is 1.86 bits per heavy atom. The number of carboxylic acid groups (broad SMARTS) is 1. The van der Waals surface area contributed by atoms with Gasteiger partial charge >= 0.3 is 5.97 Å². The van der Waals surface area contributed by atoms with Crippen molar-refractivity contribution in [1.29, 1.82) is 0 Å². The summed E-state index contributed by atoms with van der Waals surface area (Å²) in [5.74, 6) is -0.684. The molecule has 0 heterocycles. The molecule has 0 aliphatic rings. The summed E-state index contributed by atoms with van der Waals surface area (Å²) < 4.78 is 10.2. The standard InChI is InChI=1S/C14H19NO6/c1-14(19,7-12(16)17)8-15-13(18)9-4-5-10(20-2)11(6-9)21-3/h4-6,19H,7-8H2,1-3H3,(H,15,18)(H,16,17). The molecule has 0 spiro atoms. The lowest BCUT2D eigenvalue weighted by Crippen LogP contribution is -2.42. The van der Waals surface area contributed by atoms with Crippen molar-refractivity contribution < 1.29 is 29.3 Å². The smallest absolute Gasteiger partial charge is 0.306 e. The Balaban J connectivity index is 2.74. The highest BCUT2D eigenvalue weighted by atomic mass is 16.5. The third kappa shape index (κ3) is 4.96. The number of carboxylic acids is 1. The van der Waals surface area contributed by atoms with Crippen LogP contribution in [0.4, 0.5) is 0 Å². The minimum atomic E-state index is -1.52. The van der Waals surface area contributed by atoms with Crippen LogP contribution < -0.4 is 14.8 Å². The summed E-state index contributed by atoms with van der Waals surface area (Å²) in [6.45, 7) is 1.17. The molecule has 7 heteroatoms. The number of carbonyl (C=O) groups is 2. The average Bonchev–Trinajstić information content (AvgIpc) is 2.42. The Bertz CT molecular complexity index is 526. The van der Waals surface area contributed by atoms with E-state index in [1.807, 2.05) is 0 Å². The van der Waals surface area contributed by atoms with Crippen LogP contribution in [0.3, 0.4) is 0 Å². The van der Waals surface area contributed by atoms with Crippen molar-refractivity contribution >= 4 is 11.9 Å². The lowest BCUT2D eigenvalue weighted by Gasteiger charge is -2.21. The van der Waals surface area contributed by atoms with E-state index >= 15 is 0 Å². The molecule has 0 radical (unpaired) electrons. The molecule has 116 valence electrons. The van der Waals surface area contributed by atoms with Gasteiger partial charge in [-0.05, 0) is 25.1 Å². The van der Waals surface area contributed by atoms with Gasteiger partial charge in [-0.25, -0.2) is 0 Å². The van der Waals surface area contributed by atoms with Gasteiger partial charge in [-0.1, -0.05) is 0 Å². The highest BCUT2D eigenvalue weighted by molar-refractivity contribution is 5.95. The van der Waals surface area contributed by atoms with Crippen LogP contribution >= 0.6 is 0 Å². The molecule has 1 aromatic rings. The molecule has 0 aliphatic heterocycles. The summed E-state index contributed by atoms with van der Waals surface area (Å²) in [5.41, 5.74) is -1.20. The molecular formula is C14H19NO6. The predicted octanol–water partition coefficient (Wildman–Crippen LogP) is 0.659. The van der Waals surface area contributed by atoms with E-state index in [1.54, 1.807) is 12.1 Å². The monoisotopic (exact) mass is 297 g/mol. The van der Waals surface area contributed by atoms with Crippen molar-refractivity contribution in [3.8, 4) is 11.5 Å². The molecule has 1 unspecified atom stereocenters. The van der Waals surface area contributed by atoms with Crippen molar-refractivity contribution in [1.82, 2.24) is 5.32 Å². The topological polar surface area (TPSA) is 105 Å². The number of nitrogens with one attached hydrogen (secondary N) is 1. The van der Waals surface area contributed by atoms with Gasteiger partial charge in [0.15, 0.2) is 11.5 Å². The van der Waals surface area contributed by atoms with Crippen molar-refractivity contribution in [2.24, 2.45) is 0 Å². The third-order valence-corrected chi connectivity index (χ3v) is 2.81. The lowest BCUT2D eigenvalue weighted by atomic mass is 10.0. The number of methoxy groups -OCH3 is 2. The molecule has 1 atom stereocenters. The van der Waals surface area contributed by atoms with Crippen molar-refractivity contribution in [3.05, 3.63) is 23.8 Å². The zero-order chi connectivity index (χ0) is 16.0. The first-order valence-electron chi connectivity index (χ1n) is 6.23. The van der Waals surface area contributed by atoms with E-state index in [4.69, 9.17) is 14.6 Å². The Hall–Kier alpha value is -2.28. The van der Waals surface area contributed by atoms with Crippen LogP contribution in [0, 0.1) is 0 Å². The number of amides is 1. The lowest BCUT2D eigenvalue weighted by molar-refractivity contribution is -0.141. The van der Waals surface area contributed by atoms with Gasteiger partial charge in [0.2, 0.25) is 0 Å². The first-order chi connectivity index (χ1) is 9.79. The Kier molecular flexibility index (Phi) is 5.54. The second-order valence-corrected chi connectivity index (χ2v) is 4.82. The van der Waals surface area contributed by atoms with Crippen LogP contribution in [0.25, 0.3) is 0 Å². The maximum absolute atomic E-state index is 12.0. The molecule has 0 saturated heterocycles. The van der Waals surface area contributed by atoms with E-state index in [0.29, 0.717) is 17.1 Å². The fourth-order valence-corrected chi connectivity index (χ4v) is 1.74. The summed E-state index contributed by atoms with van der Waals surface area (Å²) in [6, 6.07) is 4.63. The maximum atomic E-state index is 12.0. The summed E-state index contributed by atoms with van der Waals surface area (Å²) in [6.07, 6.45) is -0.459. The van der Waals surface area contributed by atoms with Crippen LogP contribution in [0.2, 0.25) is 0 Å². The molecule has 0 aliphatic carbocycles. The van der Waals surface area contributed by atoms with Gasteiger partial charge in [0, 0.05) is 12.1 Å². The number of aliphatic carboxylic acids is 1. The minimum absolute atomic E-state index is 0.174. The van der Waals surface area contributed by atoms with E-state index in [9.17, 15) is 14.7 Å². The fraction of sp³-hybridized carbons (Fsp3) is 0.429. The molecule has 1 rings (SSSR count). The largest absolute Gasteiger partial charge is 0.493 e. The van der Waals surface area contributed by atoms with E-state index < -0.39 is 23.9 Å². The quantitative estimate of drug-likeness (QED) is 0.683. The molecular weight excluding hydrogens is 278 g/mol. The van der Waals surface area contributed by atoms with Gasteiger partial charge in [-0.2, -0.15) is 0 Å². The summed E-state index contributed by atoms with van der Waals surface area (Å²) in [5, 5.41) is 21.0. The Labute approximate surface area is 122 Å². The molecule has 1 amide bonds. The molecule has 1 aromatic carbocycles. The normalized spacial score (nSPS) is 13.1. The zero-order valence-corrected chi connectivity index (χ0v) is 12.2. The Morgan fingerprint density at radius 1 is 1.24 bits per heavy atom. The van der Waals surface area contributed by atoms with Crippen LogP contribution in [0.1, 0.15) is 23.7 Å². The minimum Gasteiger partial charge on any atom is -0.493 e. The molecule has 7 nitrogen and oxygen atoms in total. The van der Waals surface area contributed by atoms with Gasteiger partial charge in [0.1, 0.15) is 0 Å². The van der Waals surface area contributed by atoms with Crippen LogP contribution in [0.15, 0.2) is 18.2 Å². The van der Waals surface area contributed by atoms with Gasteiger partial charge < -0.3 is 25.0 Å².